The summed E-state index contributed by atoms with van der Waals surface area (Å²) in [6, 6.07) is 0. The Hall–Kier alpha value is -1.45. The Morgan fingerprint density at radius 3 is 0.798 bits per heavy atom. The Morgan fingerprint density at radius 2 is 0.536 bits per heavy atom. The van der Waals surface area contributed by atoms with Crippen molar-refractivity contribution in [1.82, 2.24) is 0 Å². The highest BCUT2D eigenvalue weighted by Gasteiger charge is 2.59. The van der Waals surface area contributed by atoms with E-state index >= 15 is 0 Å². The van der Waals surface area contributed by atoms with Gasteiger partial charge in [-0.25, -0.2) is 0 Å². The van der Waals surface area contributed by atoms with Crippen molar-refractivity contribution in [3.63, 3.8) is 0 Å². The van der Waals surface area contributed by atoms with Gasteiger partial charge in [0.2, 0.25) is 0 Å². The molecule has 37 nitrogen and oxygen atoms in total. The minimum atomic E-state index is -4.35. The summed E-state index contributed by atoms with van der Waals surface area (Å²) in [6.07, 6.45) is -69.3. The van der Waals surface area contributed by atoms with E-state index < -0.39 is 270 Å². The number of hydrogen-bond acceptors (Lipinski definition) is 36. The van der Waals surface area contributed by atoms with Crippen LogP contribution < -0.4 is 0 Å². The van der Waals surface area contributed by atoms with E-state index in [9.17, 15) is 105 Å². The van der Waals surface area contributed by atoms with E-state index in [0.29, 0.717) is 0 Å². The van der Waals surface area contributed by atoms with Gasteiger partial charge in [0.1, 0.15) is 165 Å². The molecule has 14 bridgehead atoms. The molecule has 21 saturated heterocycles. The minimum absolute atomic E-state index is 0.0308. The van der Waals surface area contributed by atoms with Crippen LogP contribution in [0.3, 0.4) is 0 Å². The molecule has 0 saturated carbocycles. The van der Waals surface area contributed by atoms with Crippen LogP contribution in [0.5, 0.6) is 0 Å². The number of hydrogen-bond donors (Lipinski definition) is 20. The topological polar surface area (TPSA) is 577 Å². The van der Waals surface area contributed by atoms with Crippen LogP contribution in [-0.2, 0) is 81.2 Å². The van der Waals surface area contributed by atoms with Crippen molar-refractivity contribution >= 4 is 10.1 Å². The lowest BCUT2D eigenvalue weighted by Crippen LogP contribution is -2.68. The standard InChI is InChI=1S/C46H78O37S/c1-12-33-19(52)26(59)40(70-12)78-34-13(6-47)71-41(27(60)20(34)53)79-35-14(7-48)72-42(28(61)21(35)54)80-36-15(8-49)73-43(29(62)22(36)55)81-37-16(9-50)74-44(30(63)23(37)56)82-38-17(10-51)75-45(31(64)24(38)57)83-39-18(76-46(77-33)32(65)25(39)58)11-69-4-2-3-5-84(66,67)68/h12-65H,2-11H2,1H3,(H,66,67,68)/t12-,13-,14-,15-,16-,17-,18-,19-,20-,21-,22-,23-,24-,25-,26-,27-,28-,29-,30-,31-,32-,33-,34-,35-,36-,37-,38-,39-,40-,41-,42-,43-,44-,45-,46-/m1/s1. The highest BCUT2D eigenvalue weighted by atomic mass is 32.2. The van der Waals surface area contributed by atoms with Crippen LogP contribution in [0.25, 0.3) is 0 Å². The zero-order valence-electron chi connectivity index (χ0n) is 44.6. The Morgan fingerprint density at radius 1 is 0.310 bits per heavy atom. The molecule has 490 valence electrons. The summed E-state index contributed by atoms with van der Waals surface area (Å²) in [4.78, 5) is 0. The van der Waals surface area contributed by atoms with Crippen LogP contribution in [-0.4, -0.2) is 377 Å². The molecule has 0 unspecified atom stereocenters. The van der Waals surface area contributed by atoms with Gasteiger partial charge in [0.05, 0.1) is 51.5 Å². The van der Waals surface area contributed by atoms with Gasteiger partial charge >= 0.3 is 0 Å². The number of unbranched alkanes of at least 4 members (excludes halogenated alkanes) is 1. The first-order chi connectivity index (χ1) is 39.8. The van der Waals surface area contributed by atoms with Gasteiger partial charge in [-0.3, -0.25) is 4.55 Å². The molecule has 21 fully saturated rings. The van der Waals surface area contributed by atoms with Crippen LogP contribution in [0.15, 0.2) is 0 Å². The summed E-state index contributed by atoms with van der Waals surface area (Å²) in [5.74, 6) is -0.629. The SMILES string of the molecule is C[C@H]1O[C@@H]2O[C@H]3[C@H](O)[C@@H](O)[C@@H](O[C@H]4[C@H](O)[C@@H](O)[C@@H](O[C@H]5[C@H](O)[C@@H](O)[C@@H](O[C@H]6[C@H](O)[C@@H](O)[C@@H](O[C@H]7[C@H](O)[C@@H](O)[C@@H](O[C@H]8[C@H](O)[C@@H](O)[C@@H](O[C@H]1[C@H](O)[C@H]2O)O[C@@H]8COCCCCS(=O)(=O)O)O[C@@H]7CO)O[C@@H]6CO)O[C@@H]5CO)O[C@@H]4CO)O[C@@H]3CO. The molecule has 0 aliphatic carbocycles. The summed E-state index contributed by atoms with van der Waals surface area (Å²) in [5, 5.41) is 212. The molecule has 0 spiro atoms. The largest absolute Gasteiger partial charge is 0.394 e. The van der Waals surface area contributed by atoms with Crippen molar-refractivity contribution < 1.29 is 181 Å². The Balaban J connectivity index is 1.08. The van der Waals surface area contributed by atoms with E-state index in [4.69, 9.17) is 75.6 Å². The summed E-state index contributed by atoms with van der Waals surface area (Å²) < 4.78 is 118. The van der Waals surface area contributed by atoms with Gasteiger partial charge in [-0.05, 0) is 19.8 Å². The van der Waals surface area contributed by atoms with Gasteiger partial charge in [0.15, 0.2) is 44.0 Å². The van der Waals surface area contributed by atoms with Crippen molar-refractivity contribution in [1.29, 1.82) is 0 Å². The predicted molar refractivity (Wildman–Crippen MR) is 256 cm³/mol. The highest BCUT2D eigenvalue weighted by molar-refractivity contribution is 7.85. The van der Waals surface area contributed by atoms with Gasteiger partial charge in [-0.15, -0.1) is 0 Å². The molecule has 20 N–H and O–H groups in total. The first-order valence-electron chi connectivity index (χ1n) is 27.0. The number of ether oxygens (including phenoxy) is 15. The fourth-order valence-electron chi connectivity index (χ4n) is 11.1. The van der Waals surface area contributed by atoms with Crippen molar-refractivity contribution in [2.75, 3.05) is 52.0 Å². The quantitative estimate of drug-likeness (QED) is 0.0637. The summed E-state index contributed by atoms with van der Waals surface area (Å²) in [7, 11) is -4.35. The van der Waals surface area contributed by atoms with Crippen LogP contribution >= 0.6 is 0 Å². The monoisotopic (exact) mass is 1250 g/mol. The first-order valence-corrected chi connectivity index (χ1v) is 28.6. The molecule has 38 heteroatoms. The van der Waals surface area contributed by atoms with Crippen LogP contribution in [0.2, 0.25) is 0 Å². The second-order valence-corrected chi connectivity index (χ2v) is 23.1. The first kappa shape index (κ1) is 68.5. The third-order valence-corrected chi connectivity index (χ3v) is 16.6. The molecule has 0 amide bonds. The third-order valence-electron chi connectivity index (χ3n) is 15.8. The van der Waals surface area contributed by atoms with Gasteiger partial charge in [0.25, 0.3) is 10.1 Å². The maximum atomic E-state index is 11.7. The molecule has 35 atom stereocenters. The third kappa shape index (κ3) is 14.6. The highest BCUT2D eigenvalue weighted by Crippen LogP contribution is 2.39. The average Bonchev–Trinajstić information content (AvgIpc) is 3.61. The van der Waals surface area contributed by atoms with Crippen molar-refractivity contribution in [2.45, 2.75) is 235 Å². The molecule has 0 aromatic rings. The number of aliphatic hydroxyl groups is 19. The van der Waals surface area contributed by atoms with E-state index in [1.807, 2.05) is 0 Å². The van der Waals surface area contributed by atoms with E-state index in [1.165, 1.54) is 6.92 Å². The van der Waals surface area contributed by atoms with Gasteiger partial charge < -0.3 is 168 Å². The summed E-state index contributed by atoms with van der Waals surface area (Å²) in [6.45, 7) is -4.79. The Bertz CT molecular complexity index is 2140. The fraction of sp³-hybridized carbons (Fsp3) is 1.00. The lowest BCUT2D eigenvalue weighted by Gasteiger charge is -2.50. The molecular formula is C46H78O37S. The normalized spacial score (nSPS) is 51.9. The van der Waals surface area contributed by atoms with Crippen LogP contribution in [0, 0.1) is 0 Å². The molecule has 21 heterocycles. The van der Waals surface area contributed by atoms with Gasteiger partial charge in [-0.1, -0.05) is 0 Å². The maximum Gasteiger partial charge on any atom is 0.264 e. The van der Waals surface area contributed by atoms with E-state index in [2.05, 4.69) is 0 Å². The molecule has 0 aromatic heterocycles. The average molecular weight is 1260 g/mol. The predicted octanol–water partition coefficient (Wildman–Crippen LogP) is -13.5. The molecule has 21 aliphatic rings. The number of rotatable bonds is 12. The van der Waals surface area contributed by atoms with E-state index in [0.717, 1.165) is 0 Å². The van der Waals surface area contributed by atoms with Crippen LogP contribution in [0.4, 0.5) is 0 Å². The second-order valence-electron chi connectivity index (χ2n) is 21.5. The minimum Gasteiger partial charge on any atom is -0.394 e. The molecular weight excluding hydrogens is 1180 g/mol. The lowest BCUT2D eigenvalue weighted by atomic mass is 9.95. The van der Waals surface area contributed by atoms with Gasteiger partial charge in [-0.2, -0.15) is 8.42 Å². The molecule has 0 aromatic carbocycles. The second kappa shape index (κ2) is 29.2. The van der Waals surface area contributed by atoms with Crippen LogP contribution in [0.1, 0.15) is 19.8 Å². The van der Waals surface area contributed by atoms with Crippen molar-refractivity contribution in [3.8, 4) is 0 Å². The fourth-order valence-corrected chi connectivity index (χ4v) is 11.6. The van der Waals surface area contributed by atoms with Gasteiger partial charge in [0, 0.05) is 6.61 Å². The maximum absolute atomic E-state index is 11.7. The summed E-state index contributed by atoms with van der Waals surface area (Å²) >= 11 is 0. The Kier molecular flexibility index (Phi) is 23.8. The molecule has 21 aliphatic heterocycles. The number of aliphatic hydroxyl groups excluding tert-OH is 19. The van der Waals surface area contributed by atoms with E-state index in [-0.39, 0.29) is 19.4 Å². The summed E-state index contributed by atoms with van der Waals surface area (Å²) in [5.41, 5.74) is 0. The smallest absolute Gasteiger partial charge is 0.264 e. The zero-order chi connectivity index (χ0) is 61.4. The molecule has 21 rings (SSSR count). The van der Waals surface area contributed by atoms with Crippen molar-refractivity contribution in [3.05, 3.63) is 0 Å². The lowest BCUT2D eigenvalue weighted by molar-refractivity contribution is -0.396. The Labute approximate surface area is 477 Å². The molecule has 84 heavy (non-hydrogen) atoms. The molecule has 0 radical (unpaired) electrons. The zero-order valence-corrected chi connectivity index (χ0v) is 45.4. The van der Waals surface area contributed by atoms with E-state index in [1.54, 1.807) is 0 Å². The van der Waals surface area contributed by atoms with Crippen molar-refractivity contribution in [2.24, 2.45) is 0 Å².